The quantitative estimate of drug-likeness (QED) is 0.581. The third-order valence-corrected chi connectivity index (χ3v) is 6.29. The number of hydrogen-bond acceptors (Lipinski definition) is 5. The molecule has 1 aliphatic carbocycles. The molecule has 2 fully saturated rings. The predicted octanol–water partition coefficient (Wildman–Crippen LogP) is 3.64. The van der Waals surface area contributed by atoms with Crippen LogP contribution in [0.4, 0.5) is 4.79 Å². The van der Waals surface area contributed by atoms with Crippen molar-refractivity contribution in [1.82, 2.24) is 10.2 Å². The van der Waals surface area contributed by atoms with E-state index in [1.54, 1.807) is 0 Å². The van der Waals surface area contributed by atoms with Gasteiger partial charge in [0.25, 0.3) is 0 Å². The molecule has 0 spiro atoms. The highest BCUT2D eigenvalue weighted by atomic mass is 79.9. The van der Waals surface area contributed by atoms with Gasteiger partial charge in [-0.2, -0.15) is 0 Å². The summed E-state index contributed by atoms with van der Waals surface area (Å²) >= 11 is 3.45. The van der Waals surface area contributed by atoms with Gasteiger partial charge < -0.3 is 20.5 Å². The van der Waals surface area contributed by atoms with Crippen molar-refractivity contribution < 1.29 is 14.3 Å². The van der Waals surface area contributed by atoms with Gasteiger partial charge >= 0.3 is 6.09 Å². The van der Waals surface area contributed by atoms with Gasteiger partial charge in [-0.3, -0.25) is 4.90 Å². The van der Waals surface area contributed by atoms with Crippen LogP contribution in [0.2, 0.25) is 0 Å². The topological polar surface area (TPSA) is 76.8 Å². The van der Waals surface area contributed by atoms with Crippen molar-refractivity contribution in [2.45, 2.75) is 37.5 Å². The highest BCUT2D eigenvalue weighted by molar-refractivity contribution is 9.10. The van der Waals surface area contributed by atoms with Gasteiger partial charge in [0.05, 0.1) is 0 Å². The smallest absolute Gasteiger partial charge is 0.404 e. The first-order chi connectivity index (χ1) is 14.6. The van der Waals surface area contributed by atoms with Crippen LogP contribution < -0.4 is 15.8 Å². The Balaban J connectivity index is 1.15. The number of ether oxygens (including phenoxy) is 2. The maximum absolute atomic E-state index is 10.8. The average molecular weight is 474 g/mol. The Hall–Kier alpha value is -2.09. The molecule has 2 aromatic rings. The first kappa shape index (κ1) is 21.2. The number of rotatable bonds is 9. The van der Waals surface area contributed by atoms with Crippen molar-refractivity contribution in [1.29, 1.82) is 0 Å². The molecule has 0 bridgehead atoms. The summed E-state index contributed by atoms with van der Waals surface area (Å²) in [6.07, 6.45) is 1.31. The van der Waals surface area contributed by atoms with E-state index in [0.717, 1.165) is 48.4 Å². The van der Waals surface area contributed by atoms with Crippen LogP contribution in [0.5, 0.6) is 5.75 Å². The highest BCUT2D eigenvalue weighted by Gasteiger charge is 2.37. The number of carbonyl (C=O) groups is 1. The lowest BCUT2D eigenvalue weighted by atomic mass is 10.1. The minimum Gasteiger partial charge on any atom is -0.489 e. The predicted molar refractivity (Wildman–Crippen MR) is 120 cm³/mol. The molecule has 7 heteroatoms. The van der Waals surface area contributed by atoms with E-state index in [1.807, 2.05) is 12.1 Å². The second kappa shape index (κ2) is 9.81. The minimum atomic E-state index is -0.675. The van der Waals surface area contributed by atoms with Gasteiger partial charge in [-0.25, -0.2) is 4.79 Å². The molecule has 1 saturated carbocycles. The Morgan fingerprint density at radius 1 is 1.17 bits per heavy atom. The largest absolute Gasteiger partial charge is 0.489 e. The Morgan fingerprint density at radius 2 is 1.93 bits per heavy atom. The lowest BCUT2D eigenvalue weighted by Gasteiger charge is -2.16. The van der Waals surface area contributed by atoms with Crippen LogP contribution in [0, 0.1) is 0 Å². The molecule has 2 aromatic carbocycles. The van der Waals surface area contributed by atoms with E-state index in [1.165, 1.54) is 12.0 Å². The van der Waals surface area contributed by atoms with E-state index in [0.29, 0.717) is 18.6 Å². The van der Waals surface area contributed by atoms with Crippen LogP contribution in [-0.4, -0.2) is 49.3 Å². The summed E-state index contributed by atoms with van der Waals surface area (Å²) in [5.41, 5.74) is 7.61. The van der Waals surface area contributed by atoms with Gasteiger partial charge in [-0.1, -0.05) is 40.2 Å². The Labute approximate surface area is 185 Å². The molecule has 30 heavy (non-hydrogen) atoms. The molecular weight excluding hydrogens is 446 g/mol. The zero-order valence-corrected chi connectivity index (χ0v) is 18.5. The Bertz CT molecular complexity index is 844. The molecule has 2 aliphatic rings. The molecule has 2 unspecified atom stereocenters. The summed E-state index contributed by atoms with van der Waals surface area (Å²) in [6, 6.07) is 17.2. The number of amides is 1. The van der Waals surface area contributed by atoms with Crippen LogP contribution in [-0.2, 0) is 11.3 Å². The molecule has 3 N–H and O–H groups in total. The molecule has 1 heterocycles. The van der Waals surface area contributed by atoms with Crippen molar-refractivity contribution in [3.63, 3.8) is 0 Å². The van der Waals surface area contributed by atoms with Crippen LogP contribution >= 0.6 is 15.9 Å². The molecule has 0 aromatic heterocycles. The van der Waals surface area contributed by atoms with Crippen molar-refractivity contribution in [2.75, 3.05) is 26.2 Å². The van der Waals surface area contributed by atoms with E-state index in [4.69, 9.17) is 15.2 Å². The molecule has 6 nitrogen and oxygen atoms in total. The summed E-state index contributed by atoms with van der Waals surface area (Å²) in [4.78, 5) is 13.2. The average Bonchev–Trinajstić information content (AvgIpc) is 3.37. The molecule has 1 aliphatic heterocycles. The fourth-order valence-corrected chi connectivity index (χ4v) is 4.28. The standard InChI is InChI=1S/C23H28BrN3O3/c24-18-5-1-16(2-6-18)15-29-19-7-3-17(4-8-19)21-13-22(21)26-10-12-27-11-9-20(14-27)30-23(25)28/h1-8,20-22,26H,9-15H2,(H2,25,28)/t20-,21?,22?/m1/s1. The zero-order chi connectivity index (χ0) is 20.9. The van der Waals surface area contributed by atoms with Gasteiger partial charge in [0.1, 0.15) is 18.5 Å². The molecular formula is C23H28BrN3O3. The fraction of sp³-hybridized carbons (Fsp3) is 0.435. The molecule has 1 saturated heterocycles. The van der Waals surface area contributed by atoms with E-state index in [9.17, 15) is 4.79 Å². The van der Waals surface area contributed by atoms with Gasteiger partial charge in [0.2, 0.25) is 0 Å². The van der Waals surface area contributed by atoms with Gasteiger partial charge in [-0.15, -0.1) is 0 Å². The second-order valence-corrected chi connectivity index (χ2v) is 8.95. The first-order valence-electron chi connectivity index (χ1n) is 10.5. The van der Waals surface area contributed by atoms with Crippen LogP contribution in [0.1, 0.15) is 29.9 Å². The van der Waals surface area contributed by atoms with Gasteiger partial charge in [0.15, 0.2) is 0 Å². The third kappa shape index (κ3) is 5.97. The lowest BCUT2D eigenvalue weighted by Crippen LogP contribution is -2.33. The second-order valence-electron chi connectivity index (χ2n) is 8.04. The monoisotopic (exact) mass is 473 g/mol. The molecule has 1 amide bonds. The minimum absolute atomic E-state index is 0.0549. The van der Waals surface area contributed by atoms with Crippen molar-refractivity contribution in [3.8, 4) is 5.75 Å². The van der Waals surface area contributed by atoms with Crippen LogP contribution in [0.25, 0.3) is 0 Å². The Morgan fingerprint density at radius 3 is 2.67 bits per heavy atom. The zero-order valence-electron chi connectivity index (χ0n) is 16.9. The fourth-order valence-electron chi connectivity index (χ4n) is 4.02. The summed E-state index contributed by atoms with van der Waals surface area (Å²) in [7, 11) is 0. The number of nitrogens with two attached hydrogens (primary N) is 1. The summed E-state index contributed by atoms with van der Waals surface area (Å²) in [6.45, 7) is 4.21. The SMILES string of the molecule is NC(=O)O[C@@H]1CCN(CCNC2CC2c2ccc(OCc3ccc(Br)cc3)cc2)C1. The highest BCUT2D eigenvalue weighted by Crippen LogP contribution is 2.41. The van der Waals surface area contributed by atoms with Crippen molar-refractivity contribution in [2.24, 2.45) is 5.73 Å². The number of benzene rings is 2. The number of hydrogen-bond donors (Lipinski definition) is 2. The van der Waals surface area contributed by atoms with E-state index in [2.05, 4.69) is 62.5 Å². The first-order valence-corrected chi connectivity index (χ1v) is 11.2. The van der Waals surface area contributed by atoms with E-state index < -0.39 is 6.09 Å². The van der Waals surface area contributed by atoms with Crippen molar-refractivity contribution in [3.05, 3.63) is 64.1 Å². The number of primary amides is 1. The van der Waals surface area contributed by atoms with Gasteiger partial charge in [0, 0.05) is 42.6 Å². The summed E-state index contributed by atoms with van der Waals surface area (Å²) in [5.74, 6) is 1.48. The van der Waals surface area contributed by atoms with Gasteiger partial charge in [-0.05, 0) is 48.2 Å². The lowest BCUT2D eigenvalue weighted by molar-refractivity contribution is 0.109. The molecule has 4 rings (SSSR count). The number of halogens is 1. The van der Waals surface area contributed by atoms with E-state index in [-0.39, 0.29) is 6.10 Å². The number of likely N-dealkylation sites (tertiary alicyclic amines) is 1. The Kier molecular flexibility index (Phi) is 6.92. The molecule has 0 radical (unpaired) electrons. The van der Waals surface area contributed by atoms with E-state index >= 15 is 0 Å². The number of nitrogens with one attached hydrogen (secondary N) is 1. The molecule has 3 atom stereocenters. The maximum Gasteiger partial charge on any atom is 0.404 e. The summed E-state index contributed by atoms with van der Waals surface area (Å²) < 4.78 is 12.0. The van der Waals surface area contributed by atoms with Crippen LogP contribution in [0.15, 0.2) is 53.0 Å². The molecule has 160 valence electrons. The number of nitrogens with zero attached hydrogens (tertiary/aromatic N) is 1. The normalized spacial score (nSPS) is 23.3. The van der Waals surface area contributed by atoms with Crippen molar-refractivity contribution >= 4 is 22.0 Å². The third-order valence-electron chi connectivity index (χ3n) is 5.76. The van der Waals surface area contributed by atoms with Crippen LogP contribution in [0.3, 0.4) is 0 Å². The number of carbonyl (C=O) groups excluding carboxylic acids is 1. The maximum atomic E-state index is 10.8. The summed E-state index contributed by atoms with van der Waals surface area (Å²) in [5, 5.41) is 3.64.